The van der Waals surface area contributed by atoms with Gasteiger partial charge in [0.05, 0.1) is 18.1 Å². The van der Waals surface area contributed by atoms with Gasteiger partial charge in [0.15, 0.2) is 0 Å². The van der Waals surface area contributed by atoms with Crippen molar-refractivity contribution < 1.29 is 14.3 Å². The van der Waals surface area contributed by atoms with Gasteiger partial charge < -0.3 is 9.47 Å². The van der Waals surface area contributed by atoms with Crippen molar-refractivity contribution in [1.29, 1.82) is 0 Å². The number of esters is 1. The van der Waals surface area contributed by atoms with Crippen LogP contribution in [0.1, 0.15) is 80.1 Å². The van der Waals surface area contributed by atoms with Crippen molar-refractivity contribution in [3.05, 3.63) is 64.2 Å². The highest BCUT2D eigenvalue weighted by atomic mass is 16.5. The van der Waals surface area contributed by atoms with Crippen molar-refractivity contribution in [3.63, 3.8) is 0 Å². The van der Waals surface area contributed by atoms with Gasteiger partial charge in [-0.1, -0.05) is 52.0 Å². The van der Waals surface area contributed by atoms with Crippen molar-refractivity contribution in [1.82, 2.24) is 0 Å². The molecule has 28 heavy (non-hydrogen) atoms. The lowest BCUT2D eigenvalue weighted by molar-refractivity contribution is 0.0600. The average Bonchev–Trinajstić information content (AvgIpc) is 3.02. The zero-order valence-electron chi connectivity index (χ0n) is 17.8. The van der Waals surface area contributed by atoms with Crippen molar-refractivity contribution in [2.24, 2.45) is 0 Å². The van der Waals surface area contributed by atoms with Crippen LogP contribution in [-0.4, -0.2) is 19.7 Å². The molecular weight excluding hydrogens is 348 g/mol. The topological polar surface area (TPSA) is 35.5 Å². The third kappa shape index (κ3) is 2.75. The first kappa shape index (κ1) is 19.0. The fraction of sp³-hybridized carbons (Fsp3) is 0.480. The number of carbonyl (C=O) groups excluding carboxylic acids is 1. The van der Waals surface area contributed by atoms with Crippen LogP contribution in [0, 0.1) is 0 Å². The van der Waals surface area contributed by atoms with Crippen LogP contribution in [0.4, 0.5) is 0 Å². The molecule has 0 radical (unpaired) electrons. The lowest BCUT2D eigenvalue weighted by Crippen LogP contribution is -2.35. The third-order valence-corrected chi connectivity index (χ3v) is 7.00. The fourth-order valence-electron chi connectivity index (χ4n) is 4.81. The molecule has 0 fully saturated rings. The van der Waals surface area contributed by atoms with E-state index in [0.29, 0.717) is 12.2 Å². The Kier molecular flexibility index (Phi) is 4.15. The maximum absolute atomic E-state index is 11.9. The average molecular weight is 379 g/mol. The number of fused-ring (bicyclic) bond motifs is 2. The molecule has 0 amide bonds. The Morgan fingerprint density at radius 1 is 0.893 bits per heavy atom. The van der Waals surface area contributed by atoms with Crippen LogP contribution in [-0.2, 0) is 21.0 Å². The molecule has 2 aromatic carbocycles. The van der Waals surface area contributed by atoms with Gasteiger partial charge in [-0.15, -0.1) is 0 Å². The second kappa shape index (κ2) is 6.10. The van der Waals surface area contributed by atoms with Gasteiger partial charge in [0.25, 0.3) is 0 Å². The van der Waals surface area contributed by atoms with Crippen LogP contribution in [0.2, 0.25) is 0 Å². The Morgan fingerprint density at radius 3 is 2.21 bits per heavy atom. The van der Waals surface area contributed by atoms with E-state index in [9.17, 15) is 4.79 Å². The van der Waals surface area contributed by atoms with Crippen LogP contribution < -0.4 is 4.74 Å². The number of ether oxygens (including phenoxy) is 2. The van der Waals surface area contributed by atoms with E-state index in [0.717, 1.165) is 11.3 Å². The SMILES string of the molecule is COC(=O)c1ccc2c(c1)OC[C@]2(C)c1ccc2c(c1)C(C)(C)CCC2(C)C. The number of benzene rings is 2. The monoisotopic (exact) mass is 378 g/mol. The highest BCUT2D eigenvalue weighted by Crippen LogP contribution is 2.49. The van der Waals surface area contributed by atoms with Crippen LogP contribution in [0.5, 0.6) is 5.75 Å². The first-order valence-electron chi connectivity index (χ1n) is 10.1. The molecule has 4 rings (SSSR count). The summed E-state index contributed by atoms with van der Waals surface area (Å²) >= 11 is 0. The minimum Gasteiger partial charge on any atom is -0.492 e. The quantitative estimate of drug-likeness (QED) is 0.646. The Labute approximate surface area is 168 Å². The third-order valence-electron chi connectivity index (χ3n) is 7.00. The number of rotatable bonds is 2. The molecule has 0 saturated carbocycles. The summed E-state index contributed by atoms with van der Waals surface area (Å²) < 4.78 is 10.9. The second-order valence-electron chi connectivity index (χ2n) is 9.85. The Bertz CT molecular complexity index is 954. The van der Waals surface area contributed by atoms with Gasteiger partial charge in [-0.2, -0.15) is 0 Å². The van der Waals surface area contributed by atoms with E-state index in [-0.39, 0.29) is 22.2 Å². The van der Waals surface area contributed by atoms with Crippen molar-refractivity contribution in [2.75, 3.05) is 13.7 Å². The molecule has 0 saturated heterocycles. The van der Waals surface area contributed by atoms with Crippen molar-refractivity contribution in [2.45, 2.75) is 63.7 Å². The summed E-state index contributed by atoms with van der Waals surface area (Å²) in [6.45, 7) is 12.2. The fourth-order valence-corrected chi connectivity index (χ4v) is 4.81. The summed E-state index contributed by atoms with van der Waals surface area (Å²) in [4.78, 5) is 11.9. The Hall–Kier alpha value is -2.29. The normalized spacial score (nSPS) is 24.1. The van der Waals surface area contributed by atoms with E-state index >= 15 is 0 Å². The van der Waals surface area contributed by atoms with Crippen LogP contribution in [0.25, 0.3) is 0 Å². The molecule has 0 unspecified atom stereocenters. The molecule has 1 aliphatic heterocycles. The summed E-state index contributed by atoms with van der Waals surface area (Å²) in [6, 6.07) is 12.7. The van der Waals surface area contributed by atoms with E-state index in [4.69, 9.17) is 9.47 Å². The van der Waals surface area contributed by atoms with E-state index in [1.165, 1.54) is 36.6 Å². The summed E-state index contributed by atoms with van der Waals surface area (Å²) in [6.07, 6.45) is 2.41. The first-order valence-corrected chi connectivity index (χ1v) is 10.1. The largest absolute Gasteiger partial charge is 0.492 e. The van der Waals surface area contributed by atoms with Crippen LogP contribution in [0.3, 0.4) is 0 Å². The van der Waals surface area contributed by atoms with E-state index < -0.39 is 0 Å². The molecule has 0 aromatic heterocycles. The zero-order valence-corrected chi connectivity index (χ0v) is 17.8. The molecule has 148 valence electrons. The van der Waals surface area contributed by atoms with Gasteiger partial charge in [0.1, 0.15) is 12.4 Å². The summed E-state index contributed by atoms with van der Waals surface area (Å²) in [7, 11) is 1.40. The molecule has 0 N–H and O–H groups in total. The minimum atomic E-state index is -0.335. The maximum Gasteiger partial charge on any atom is 0.337 e. The molecule has 0 spiro atoms. The Balaban J connectivity index is 1.81. The van der Waals surface area contributed by atoms with Crippen molar-refractivity contribution >= 4 is 5.97 Å². The van der Waals surface area contributed by atoms with Gasteiger partial charge in [0, 0.05) is 5.56 Å². The van der Waals surface area contributed by atoms with Gasteiger partial charge in [-0.05, 0) is 59.4 Å². The van der Waals surface area contributed by atoms with E-state index in [2.05, 4.69) is 52.8 Å². The first-order chi connectivity index (χ1) is 13.1. The number of hydrogen-bond donors (Lipinski definition) is 0. The molecule has 1 atom stereocenters. The molecular formula is C25H30O3. The summed E-state index contributed by atoms with van der Waals surface area (Å²) in [5, 5.41) is 0. The summed E-state index contributed by atoms with van der Waals surface area (Å²) in [5.41, 5.74) is 6.03. The van der Waals surface area contributed by atoms with Crippen molar-refractivity contribution in [3.8, 4) is 5.75 Å². The zero-order chi connectivity index (χ0) is 20.3. The Morgan fingerprint density at radius 2 is 1.54 bits per heavy atom. The highest BCUT2D eigenvalue weighted by molar-refractivity contribution is 5.90. The molecule has 3 nitrogen and oxygen atoms in total. The second-order valence-corrected chi connectivity index (χ2v) is 9.85. The standard InChI is InChI=1S/C25H30O3/c1-23(2)11-12-24(3,4)20-14-17(8-10-18(20)23)25(5)15-28-21-13-16(22(26)27-6)7-9-19(21)25/h7-10,13-14H,11-12,15H2,1-6H3/t25-/m1/s1. The van der Waals surface area contributed by atoms with Gasteiger partial charge >= 0.3 is 5.97 Å². The maximum atomic E-state index is 11.9. The van der Waals surface area contributed by atoms with Gasteiger partial charge in [0.2, 0.25) is 0 Å². The van der Waals surface area contributed by atoms with Crippen LogP contribution >= 0.6 is 0 Å². The van der Waals surface area contributed by atoms with Gasteiger partial charge in [-0.25, -0.2) is 4.79 Å². The molecule has 2 aromatic rings. The van der Waals surface area contributed by atoms with E-state index in [1.54, 1.807) is 6.07 Å². The predicted octanol–water partition coefficient (Wildman–Crippen LogP) is 5.52. The number of carbonyl (C=O) groups is 1. The molecule has 0 bridgehead atoms. The molecule has 2 aliphatic rings. The van der Waals surface area contributed by atoms with Crippen LogP contribution in [0.15, 0.2) is 36.4 Å². The molecule has 3 heteroatoms. The van der Waals surface area contributed by atoms with E-state index in [1.807, 2.05) is 12.1 Å². The number of hydrogen-bond acceptors (Lipinski definition) is 3. The number of methoxy groups -OCH3 is 1. The van der Waals surface area contributed by atoms with Gasteiger partial charge in [-0.3, -0.25) is 0 Å². The predicted molar refractivity (Wildman–Crippen MR) is 111 cm³/mol. The lowest BCUT2D eigenvalue weighted by Gasteiger charge is -2.42. The molecule has 1 heterocycles. The summed E-state index contributed by atoms with van der Waals surface area (Å²) in [5.74, 6) is 0.445. The smallest absolute Gasteiger partial charge is 0.337 e. The lowest BCUT2D eigenvalue weighted by atomic mass is 9.62. The molecule has 1 aliphatic carbocycles. The minimum absolute atomic E-state index is 0.175. The highest BCUT2D eigenvalue weighted by Gasteiger charge is 2.42.